The summed E-state index contributed by atoms with van der Waals surface area (Å²) in [5.74, 6) is -2.14. The Hall–Kier alpha value is -1.58. The summed E-state index contributed by atoms with van der Waals surface area (Å²) in [5.41, 5.74) is 0.0387. The lowest BCUT2D eigenvalue weighted by Gasteiger charge is -2.46. The Balaban J connectivity index is 1.78. The predicted molar refractivity (Wildman–Crippen MR) is 96.1 cm³/mol. The van der Waals surface area contributed by atoms with Crippen molar-refractivity contribution in [3.63, 3.8) is 0 Å². The monoisotopic (exact) mass is 383 g/mol. The minimum Gasteiger partial charge on any atom is -0.477 e. The van der Waals surface area contributed by atoms with Crippen LogP contribution in [0.2, 0.25) is 0 Å². The lowest BCUT2D eigenvalue weighted by atomic mass is 9.79. The second-order valence-electron chi connectivity index (χ2n) is 7.44. The maximum Gasteiger partial charge on any atom is 0.353 e. The molecule has 3 N–H and O–H groups in total. The molecule has 0 saturated carbocycles. The van der Waals surface area contributed by atoms with E-state index in [0.717, 1.165) is 0 Å². The summed E-state index contributed by atoms with van der Waals surface area (Å²) < 4.78 is 0. The fraction of sp³-hybridized carbons (Fsp3) is 0.706. The van der Waals surface area contributed by atoms with E-state index >= 15 is 0 Å². The van der Waals surface area contributed by atoms with Gasteiger partial charge in [-0.3, -0.25) is 9.59 Å². The lowest BCUT2D eigenvalue weighted by molar-refractivity contribution is -0.163. The van der Waals surface area contributed by atoms with E-state index < -0.39 is 18.0 Å². The summed E-state index contributed by atoms with van der Waals surface area (Å²) in [4.78, 5) is 39.8. The Morgan fingerprint density at radius 2 is 2.04 bits per heavy atom. The number of β-lactam (4-membered cyclic amide) rings is 1. The zero-order valence-electron chi connectivity index (χ0n) is 15.3. The molecule has 3 aliphatic rings. The summed E-state index contributed by atoms with van der Waals surface area (Å²) in [6, 6.07) is -0.568. The maximum absolute atomic E-state index is 12.3. The highest BCUT2D eigenvalue weighted by atomic mass is 32.2. The van der Waals surface area contributed by atoms with Crippen molar-refractivity contribution in [2.24, 2.45) is 11.8 Å². The Kier molecular flexibility index (Phi) is 5.06. The molecule has 2 fully saturated rings. The van der Waals surface area contributed by atoms with Crippen LogP contribution in [0, 0.1) is 11.8 Å². The molecule has 0 bridgehead atoms. The van der Waals surface area contributed by atoms with Crippen LogP contribution in [0.3, 0.4) is 0 Å². The first kappa shape index (κ1) is 19.2. The molecule has 2 amide bonds. The van der Waals surface area contributed by atoms with Crippen molar-refractivity contribution in [3.05, 3.63) is 10.6 Å². The van der Waals surface area contributed by atoms with Gasteiger partial charge in [0.2, 0.25) is 11.8 Å². The number of likely N-dealkylation sites (N-methyl/N-ethyl adjacent to an activating group) is 1. The standard InChI is InChI=1S/C17H25N3O5S/c1-7-12-11(8(2)21)16(23)20(12)13(17(24)25)14(7)26-9-5-10(18-6-9)15(22)19(3)4/h7-12,18,21H,5-6H2,1-4H3,(H,24,25)/t7-,8+,9+,10+,11?,12?/m1/s1. The molecule has 0 spiro atoms. The first-order valence-corrected chi connectivity index (χ1v) is 9.62. The van der Waals surface area contributed by atoms with Gasteiger partial charge in [-0.2, -0.15) is 0 Å². The molecule has 0 radical (unpaired) electrons. The Morgan fingerprint density at radius 1 is 1.38 bits per heavy atom. The molecule has 8 nitrogen and oxygen atoms in total. The summed E-state index contributed by atoms with van der Waals surface area (Å²) in [5, 5.41) is 22.8. The van der Waals surface area contributed by atoms with Gasteiger partial charge >= 0.3 is 5.97 Å². The number of nitrogens with one attached hydrogen (secondary N) is 1. The van der Waals surface area contributed by atoms with Gasteiger partial charge in [0.1, 0.15) is 5.70 Å². The third-order valence-corrected chi connectivity index (χ3v) is 6.95. The Bertz CT molecular complexity index is 677. The summed E-state index contributed by atoms with van der Waals surface area (Å²) in [6.07, 6.45) is -0.190. The first-order chi connectivity index (χ1) is 12.1. The highest BCUT2D eigenvalue weighted by molar-refractivity contribution is 8.03. The molecule has 0 aromatic heterocycles. The van der Waals surface area contributed by atoms with E-state index in [0.29, 0.717) is 17.9 Å². The molecule has 0 aromatic carbocycles. The number of aliphatic hydroxyl groups excluding tert-OH is 1. The second-order valence-corrected chi connectivity index (χ2v) is 8.78. The molecule has 26 heavy (non-hydrogen) atoms. The van der Waals surface area contributed by atoms with E-state index in [1.54, 1.807) is 25.9 Å². The minimum atomic E-state index is -1.12. The number of aliphatic carboxylic acids is 1. The van der Waals surface area contributed by atoms with Crippen molar-refractivity contribution < 1.29 is 24.6 Å². The first-order valence-electron chi connectivity index (χ1n) is 8.75. The number of carboxylic acids is 1. The third-order valence-electron chi connectivity index (χ3n) is 5.43. The number of amides is 2. The molecule has 2 unspecified atom stereocenters. The molecular weight excluding hydrogens is 358 g/mol. The van der Waals surface area contributed by atoms with Gasteiger partial charge in [0, 0.05) is 36.7 Å². The highest BCUT2D eigenvalue weighted by Gasteiger charge is 2.60. The van der Waals surface area contributed by atoms with E-state index in [-0.39, 0.29) is 40.8 Å². The number of hydrogen-bond donors (Lipinski definition) is 3. The number of fused-ring (bicyclic) bond motifs is 1. The van der Waals surface area contributed by atoms with Crippen molar-refractivity contribution in [2.75, 3.05) is 20.6 Å². The Morgan fingerprint density at radius 3 is 2.58 bits per heavy atom. The molecule has 3 aliphatic heterocycles. The quantitative estimate of drug-likeness (QED) is 0.559. The fourth-order valence-corrected chi connectivity index (χ4v) is 5.63. The molecule has 9 heteroatoms. The number of carboxylic acid groups (broad SMARTS) is 1. The number of nitrogens with zero attached hydrogens (tertiary/aromatic N) is 2. The number of thioether (sulfide) groups is 1. The lowest BCUT2D eigenvalue weighted by Crippen LogP contribution is -2.63. The molecular formula is C17H25N3O5S. The average Bonchev–Trinajstić information content (AvgIpc) is 3.09. The van der Waals surface area contributed by atoms with Crippen LogP contribution in [0.15, 0.2) is 10.6 Å². The number of carbonyl (C=O) groups excluding carboxylic acids is 2. The van der Waals surface area contributed by atoms with Crippen molar-refractivity contribution in [2.45, 2.75) is 43.7 Å². The highest BCUT2D eigenvalue weighted by Crippen LogP contribution is 2.51. The van der Waals surface area contributed by atoms with Gasteiger partial charge in [0.15, 0.2) is 0 Å². The zero-order chi connectivity index (χ0) is 19.3. The molecule has 0 aliphatic carbocycles. The van der Waals surface area contributed by atoms with Crippen LogP contribution in [0.1, 0.15) is 20.3 Å². The number of hydrogen-bond acceptors (Lipinski definition) is 6. The summed E-state index contributed by atoms with van der Waals surface area (Å²) >= 11 is 1.45. The molecule has 2 saturated heterocycles. The van der Waals surface area contributed by atoms with E-state index in [1.165, 1.54) is 16.7 Å². The summed E-state index contributed by atoms with van der Waals surface area (Å²) in [6.45, 7) is 4.08. The van der Waals surface area contributed by atoms with Crippen molar-refractivity contribution in [3.8, 4) is 0 Å². The van der Waals surface area contributed by atoms with Gasteiger partial charge in [0.05, 0.1) is 24.1 Å². The zero-order valence-corrected chi connectivity index (χ0v) is 16.1. The van der Waals surface area contributed by atoms with Gasteiger partial charge in [-0.25, -0.2) is 4.79 Å². The molecule has 144 valence electrons. The number of aliphatic hydroxyl groups is 1. The average molecular weight is 383 g/mol. The Labute approximate surface area is 156 Å². The maximum atomic E-state index is 12.3. The van der Waals surface area contributed by atoms with E-state index in [4.69, 9.17) is 0 Å². The molecule has 3 heterocycles. The topological polar surface area (TPSA) is 110 Å². The van der Waals surface area contributed by atoms with Gasteiger partial charge < -0.3 is 25.3 Å². The second kappa shape index (κ2) is 6.86. The van der Waals surface area contributed by atoms with Gasteiger partial charge in [0.25, 0.3) is 0 Å². The van der Waals surface area contributed by atoms with Crippen LogP contribution in [0.4, 0.5) is 0 Å². The molecule has 0 aromatic rings. The van der Waals surface area contributed by atoms with Crippen molar-refractivity contribution in [1.29, 1.82) is 0 Å². The third kappa shape index (κ3) is 2.91. The number of rotatable bonds is 5. The van der Waals surface area contributed by atoms with Crippen LogP contribution in [-0.2, 0) is 14.4 Å². The van der Waals surface area contributed by atoms with E-state index in [9.17, 15) is 24.6 Å². The summed E-state index contributed by atoms with van der Waals surface area (Å²) in [7, 11) is 3.42. The smallest absolute Gasteiger partial charge is 0.353 e. The van der Waals surface area contributed by atoms with Gasteiger partial charge in [-0.05, 0) is 13.3 Å². The molecule has 3 rings (SSSR count). The minimum absolute atomic E-state index is 0.00757. The van der Waals surface area contributed by atoms with Crippen molar-refractivity contribution >= 4 is 29.5 Å². The van der Waals surface area contributed by atoms with E-state index in [2.05, 4.69) is 5.32 Å². The predicted octanol–water partition coefficient (Wildman–Crippen LogP) is -0.308. The largest absolute Gasteiger partial charge is 0.477 e. The SMILES string of the molecule is C[C@H](O)C1C(=O)N2C(C(=O)O)=C(S[C@@H]3CN[C@H](C(=O)N(C)C)C3)[C@H](C)C12. The van der Waals surface area contributed by atoms with Crippen molar-refractivity contribution in [1.82, 2.24) is 15.1 Å². The van der Waals surface area contributed by atoms with Crippen LogP contribution < -0.4 is 5.32 Å². The fourth-order valence-electron chi connectivity index (χ4n) is 4.15. The van der Waals surface area contributed by atoms with Crippen LogP contribution in [0.25, 0.3) is 0 Å². The van der Waals surface area contributed by atoms with Gasteiger partial charge in [-0.1, -0.05) is 6.92 Å². The van der Waals surface area contributed by atoms with Gasteiger partial charge in [-0.15, -0.1) is 11.8 Å². The van der Waals surface area contributed by atoms with Crippen LogP contribution in [0.5, 0.6) is 0 Å². The normalized spacial score (nSPS) is 34.6. The molecule has 6 atom stereocenters. The number of carbonyl (C=O) groups is 3. The van der Waals surface area contributed by atoms with Crippen LogP contribution in [-0.4, -0.2) is 81.9 Å². The van der Waals surface area contributed by atoms with Crippen LogP contribution >= 0.6 is 11.8 Å². The van der Waals surface area contributed by atoms with E-state index in [1.807, 2.05) is 6.92 Å².